The second-order valence-corrected chi connectivity index (χ2v) is 5.62. The molecular weight excluding hydrogens is 266 g/mol. The summed E-state index contributed by atoms with van der Waals surface area (Å²) in [6.45, 7) is 5.93. The first kappa shape index (κ1) is 14.2. The van der Waals surface area contributed by atoms with Gasteiger partial charge in [-0.15, -0.1) is 0 Å². The predicted molar refractivity (Wildman–Crippen MR) is 83.9 cm³/mol. The highest BCUT2D eigenvalue weighted by Gasteiger charge is 2.26. The molecule has 3 rings (SSSR count). The minimum atomic E-state index is -0.201. The summed E-state index contributed by atoms with van der Waals surface area (Å²) < 4.78 is 0. The molecule has 0 spiro atoms. The number of nitrogens with zero attached hydrogens (tertiary/aromatic N) is 3. The van der Waals surface area contributed by atoms with Crippen molar-refractivity contribution in [1.82, 2.24) is 9.91 Å². The number of hydrogen-bond acceptors (Lipinski definition) is 5. The van der Waals surface area contributed by atoms with Crippen molar-refractivity contribution in [3.63, 3.8) is 0 Å². The molecule has 0 bridgehead atoms. The zero-order chi connectivity index (χ0) is 14.7. The molecule has 21 heavy (non-hydrogen) atoms. The third-order valence-corrected chi connectivity index (χ3v) is 4.19. The number of carbonyl (C=O) groups excluding carboxylic acids is 1. The van der Waals surface area contributed by atoms with Gasteiger partial charge in [0, 0.05) is 32.6 Å². The predicted octanol–water partition coefficient (Wildman–Crippen LogP) is 0.674. The molecule has 0 saturated carbocycles. The number of hydrogen-bond donors (Lipinski definition) is 2. The molecule has 2 aliphatic heterocycles. The van der Waals surface area contributed by atoms with E-state index in [0.717, 1.165) is 45.8 Å². The Labute approximate surface area is 125 Å². The molecule has 6 heteroatoms. The number of hydrazine groups is 1. The quantitative estimate of drug-likeness (QED) is 0.834. The van der Waals surface area contributed by atoms with E-state index < -0.39 is 0 Å². The highest BCUT2D eigenvalue weighted by molar-refractivity contribution is 5.74. The average molecular weight is 289 g/mol. The minimum absolute atomic E-state index is 0.201. The molecule has 0 atom stereocenters. The number of nitrogens with one attached hydrogen (secondary N) is 1. The fourth-order valence-electron chi connectivity index (χ4n) is 3.03. The van der Waals surface area contributed by atoms with Gasteiger partial charge in [-0.2, -0.15) is 0 Å². The Morgan fingerprint density at radius 2 is 1.95 bits per heavy atom. The fourth-order valence-corrected chi connectivity index (χ4v) is 3.03. The Hall–Kier alpha value is -1.79. The van der Waals surface area contributed by atoms with Crippen LogP contribution in [-0.4, -0.2) is 55.2 Å². The molecule has 1 amide bonds. The Morgan fingerprint density at radius 1 is 1.19 bits per heavy atom. The zero-order valence-corrected chi connectivity index (χ0v) is 12.3. The Balaban J connectivity index is 1.49. The molecule has 114 valence electrons. The second-order valence-electron chi connectivity index (χ2n) is 5.62. The third-order valence-electron chi connectivity index (χ3n) is 4.19. The van der Waals surface area contributed by atoms with Crippen LogP contribution in [0.3, 0.4) is 0 Å². The summed E-state index contributed by atoms with van der Waals surface area (Å²) in [6.07, 6.45) is 1.35. The molecule has 3 N–H and O–H groups in total. The number of nitrogens with two attached hydrogens (primary N) is 1. The van der Waals surface area contributed by atoms with Gasteiger partial charge in [-0.1, -0.05) is 12.1 Å². The third kappa shape index (κ3) is 3.28. The first-order valence-corrected chi connectivity index (χ1v) is 7.60. The normalized spacial score (nSPS) is 19.3. The van der Waals surface area contributed by atoms with Crippen molar-refractivity contribution >= 4 is 17.3 Å². The van der Waals surface area contributed by atoms with E-state index >= 15 is 0 Å². The van der Waals surface area contributed by atoms with Crippen LogP contribution in [0.5, 0.6) is 0 Å². The molecule has 0 unspecified atom stereocenters. The number of primary amides is 1. The van der Waals surface area contributed by atoms with Crippen molar-refractivity contribution < 1.29 is 4.79 Å². The highest BCUT2D eigenvalue weighted by atomic mass is 16.1. The van der Waals surface area contributed by atoms with Gasteiger partial charge in [0.2, 0.25) is 5.91 Å². The van der Waals surface area contributed by atoms with E-state index in [2.05, 4.69) is 44.5 Å². The maximum atomic E-state index is 10.8. The minimum Gasteiger partial charge on any atom is -0.370 e. The van der Waals surface area contributed by atoms with Gasteiger partial charge in [0.25, 0.3) is 0 Å². The molecule has 0 aliphatic carbocycles. The number of fused-ring (bicyclic) bond motifs is 1. The molecule has 0 radical (unpaired) electrons. The van der Waals surface area contributed by atoms with E-state index in [1.807, 2.05) is 0 Å². The lowest BCUT2D eigenvalue weighted by atomic mass is 10.2. The Morgan fingerprint density at radius 3 is 2.71 bits per heavy atom. The lowest BCUT2D eigenvalue weighted by Gasteiger charge is -2.40. The number of rotatable bonds is 5. The van der Waals surface area contributed by atoms with Crippen LogP contribution in [0.1, 0.15) is 12.8 Å². The van der Waals surface area contributed by atoms with Gasteiger partial charge < -0.3 is 16.0 Å². The van der Waals surface area contributed by atoms with Crippen LogP contribution in [0.4, 0.5) is 11.4 Å². The second kappa shape index (κ2) is 6.32. The SMILES string of the molecule is NC(=O)CCCN1CCN(N2CNc3ccccc32)CC1. The van der Waals surface area contributed by atoms with Gasteiger partial charge in [-0.25, -0.2) is 5.01 Å². The van der Waals surface area contributed by atoms with Crippen LogP contribution in [0.15, 0.2) is 24.3 Å². The summed E-state index contributed by atoms with van der Waals surface area (Å²) in [4.78, 5) is 13.2. The number of anilines is 2. The number of para-hydroxylation sites is 2. The molecule has 1 aromatic carbocycles. The van der Waals surface area contributed by atoms with Crippen molar-refractivity contribution in [1.29, 1.82) is 0 Å². The van der Waals surface area contributed by atoms with Gasteiger partial charge in [-0.05, 0) is 25.1 Å². The van der Waals surface area contributed by atoms with Gasteiger partial charge in [-0.3, -0.25) is 9.80 Å². The lowest BCUT2D eigenvalue weighted by Crippen LogP contribution is -2.54. The fraction of sp³-hybridized carbons (Fsp3) is 0.533. The van der Waals surface area contributed by atoms with E-state index in [0.29, 0.717) is 6.42 Å². The number of amides is 1. The maximum Gasteiger partial charge on any atom is 0.217 e. The molecule has 0 aromatic heterocycles. The number of benzene rings is 1. The van der Waals surface area contributed by atoms with E-state index in [9.17, 15) is 4.79 Å². The summed E-state index contributed by atoms with van der Waals surface area (Å²) in [5.41, 5.74) is 7.65. The lowest BCUT2D eigenvalue weighted by molar-refractivity contribution is -0.118. The Bertz CT molecular complexity index is 499. The molecule has 1 saturated heterocycles. The van der Waals surface area contributed by atoms with Gasteiger partial charge >= 0.3 is 0 Å². The van der Waals surface area contributed by atoms with Crippen LogP contribution < -0.4 is 16.1 Å². The molecule has 2 aliphatic rings. The maximum absolute atomic E-state index is 10.8. The van der Waals surface area contributed by atoms with Gasteiger partial charge in [0.05, 0.1) is 11.4 Å². The van der Waals surface area contributed by atoms with Crippen molar-refractivity contribution in [2.24, 2.45) is 5.73 Å². The average Bonchev–Trinajstić information content (AvgIpc) is 2.92. The molecular formula is C15H23N5O. The largest absolute Gasteiger partial charge is 0.370 e. The molecule has 1 aromatic rings. The summed E-state index contributed by atoms with van der Waals surface area (Å²) in [5.74, 6) is -0.201. The highest BCUT2D eigenvalue weighted by Crippen LogP contribution is 2.31. The van der Waals surface area contributed by atoms with Crippen LogP contribution in [-0.2, 0) is 4.79 Å². The van der Waals surface area contributed by atoms with Crippen LogP contribution in [0.25, 0.3) is 0 Å². The first-order chi connectivity index (χ1) is 10.2. The Kier molecular flexibility index (Phi) is 4.26. The summed E-state index contributed by atoms with van der Waals surface area (Å²) in [7, 11) is 0. The van der Waals surface area contributed by atoms with Crippen molar-refractivity contribution in [2.75, 3.05) is 49.7 Å². The first-order valence-electron chi connectivity index (χ1n) is 7.60. The van der Waals surface area contributed by atoms with Crippen molar-refractivity contribution in [3.8, 4) is 0 Å². The van der Waals surface area contributed by atoms with E-state index in [-0.39, 0.29) is 5.91 Å². The monoisotopic (exact) mass is 289 g/mol. The standard InChI is InChI=1S/C15H23N5O/c16-15(21)6-3-7-18-8-10-19(11-9-18)20-12-17-13-4-1-2-5-14(13)20/h1-2,4-5,17H,3,6-12H2,(H2,16,21). The number of carbonyl (C=O) groups is 1. The smallest absolute Gasteiger partial charge is 0.217 e. The van der Waals surface area contributed by atoms with Gasteiger partial charge in [0.15, 0.2) is 0 Å². The zero-order valence-electron chi connectivity index (χ0n) is 12.3. The molecule has 1 fully saturated rings. The van der Waals surface area contributed by atoms with Crippen LogP contribution in [0, 0.1) is 0 Å². The summed E-state index contributed by atoms with van der Waals surface area (Å²) in [6, 6.07) is 8.43. The van der Waals surface area contributed by atoms with Gasteiger partial charge in [0.1, 0.15) is 6.67 Å². The van der Waals surface area contributed by atoms with Crippen LogP contribution >= 0.6 is 0 Å². The molecule has 2 heterocycles. The van der Waals surface area contributed by atoms with Crippen molar-refractivity contribution in [3.05, 3.63) is 24.3 Å². The van der Waals surface area contributed by atoms with Crippen molar-refractivity contribution in [2.45, 2.75) is 12.8 Å². The van der Waals surface area contributed by atoms with E-state index in [1.165, 1.54) is 11.4 Å². The summed E-state index contributed by atoms with van der Waals surface area (Å²) >= 11 is 0. The number of piperazine rings is 1. The summed E-state index contributed by atoms with van der Waals surface area (Å²) in [5, 5.41) is 8.16. The van der Waals surface area contributed by atoms with E-state index in [1.54, 1.807) is 0 Å². The van der Waals surface area contributed by atoms with Crippen LogP contribution in [0.2, 0.25) is 0 Å². The molecule has 6 nitrogen and oxygen atoms in total. The van der Waals surface area contributed by atoms with E-state index in [4.69, 9.17) is 5.73 Å². The topological polar surface area (TPSA) is 64.8 Å².